The quantitative estimate of drug-likeness (QED) is 0.273. The summed E-state index contributed by atoms with van der Waals surface area (Å²) in [5.41, 5.74) is 0. The Morgan fingerprint density at radius 3 is 0.739 bits per heavy atom. The minimum atomic E-state index is -2.17. The SMILES string of the molecule is CCS(CC)(CC)CC.CC[N+](CC)(CC)CC.[S]=[Fe](=[S])(=[S])=[S]. The van der Waals surface area contributed by atoms with E-state index < -0.39 is 6.33 Å². The Bertz CT molecular complexity index is 380. The Morgan fingerprint density at radius 1 is 0.565 bits per heavy atom. The van der Waals surface area contributed by atoms with E-state index in [4.69, 9.17) is 0 Å². The van der Waals surface area contributed by atoms with Crippen molar-refractivity contribution in [3.05, 3.63) is 0 Å². The summed E-state index contributed by atoms with van der Waals surface area (Å²) in [6, 6.07) is 0. The average Bonchev–Trinajstić information content (AvgIpc) is 2.52. The van der Waals surface area contributed by atoms with Crippen LogP contribution < -0.4 is 0 Å². The zero-order chi connectivity index (χ0) is 19.2. The summed E-state index contributed by atoms with van der Waals surface area (Å²) in [7, 11) is 17.4. The van der Waals surface area contributed by atoms with Crippen LogP contribution in [0.5, 0.6) is 0 Å². The third-order valence-electron chi connectivity index (χ3n) is 5.13. The predicted molar refractivity (Wildman–Crippen MR) is 123 cm³/mol. The van der Waals surface area contributed by atoms with Crippen molar-refractivity contribution in [2.75, 3.05) is 49.2 Å². The number of nitrogens with zero attached hydrogens (tertiary/aromatic N) is 1. The summed E-state index contributed by atoms with van der Waals surface area (Å²) in [5.74, 6) is 5.71. The van der Waals surface area contributed by atoms with E-state index in [9.17, 15) is 0 Å². The van der Waals surface area contributed by atoms with Gasteiger partial charge in [0.15, 0.2) is 0 Å². The topological polar surface area (TPSA) is 0 Å². The second kappa shape index (κ2) is 15.9. The van der Waals surface area contributed by atoms with E-state index in [0.29, 0.717) is 0 Å². The molecule has 0 aliphatic heterocycles. The normalized spacial score (nSPS) is 12.5. The fourth-order valence-electron chi connectivity index (χ4n) is 2.57. The van der Waals surface area contributed by atoms with Crippen molar-refractivity contribution in [2.45, 2.75) is 55.4 Å². The van der Waals surface area contributed by atoms with Gasteiger partial charge in [0.1, 0.15) is 0 Å². The zero-order valence-electron chi connectivity index (χ0n) is 16.5. The molecule has 0 aliphatic carbocycles. The van der Waals surface area contributed by atoms with Gasteiger partial charge < -0.3 is 4.48 Å². The standard InChI is InChI=1S/C8H20N.C8H20S.Fe.4S/c2*1-5-9(6-2,7-3)8-4;;;;;/h2*5-8H2,1-4H3;;;;;/q+1;;;;;;. The molecule has 0 aromatic heterocycles. The van der Waals surface area contributed by atoms with Crippen LogP contribution >= 0.6 is 52.2 Å². The maximum absolute atomic E-state index is 4.40. The van der Waals surface area contributed by atoms with E-state index >= 15 is 0 Å². The predicted octanol–water partition coefficient (Wildman–Crippen LogP) is 7.34. The van der Waals surface area contributed by atoms with Gasteiger partial charge in [-0.3, -0.25) is 0 Å². The van der Waals surface area contributed by atoms with Gasteiger partial charge in [0.2, 0.25) is 0 Å². The van der Waals surface area contributed by atoms with Gasteiger partial charge in [-0.05, 0) is 50.7 Å². The van der Waals surface area contributed by atoms with Crippen LogP contribution in [-0.4, -0.2) is 53.7 Å². The van der Waals surface area contributed by atoms with Gasteiger partial charge in [-0.25, -0.2) is 10.0 Å². The Hall–Kier alpha value is 1.71. The van der Waals surface area contributed by atoms with Crippen LogP contribution in [0.1, 0.15) is 55.4 Å². The first-order valence-corrected chi connectivity index (χ1v) is 17.5. The molecule has 0 aliphatic rings. The number of hydrogen-bond donors (Lipinski definition) is 0. The molecule has 0 bridgehead atoms. The van der Waals surface area contributed by atoms with Gasteiger partial charge >= 0.3 is 48.5 Å². The molecule has 146 valence electrons. The molecule has 0 saturated heterocycles. The molecule has 0 aromatic rings. The van der Waals surface area contributed by atoms with Gasteiger partial charge in [0.05, 0.1) is 26.2 Å². The average molecular weight is 463 g/mol. The monoisotopic (exact) mass is 462 g/mol. The Morgan fingerprint density at radius 2 is 0.739 bits per heavy atom. The second-order valence-electron chi connectivity index (χ2n) is 5.34. The van der Waals surface area contributed by atoms with Crippen molar-refractivity contribution >= 4 is 52.2 Å². The molecular formula is C16H40FeNS5+. The molecule has 0 spiro atoms. The summed E-state index contributed by atoms with van der Waals surface area (Å²) in [6.07, 6.45) is -2.17. The van der Waals surface area contributed by atoms with Crippen LogP contribution in [0.4, 0.5) is 0 Å². The fraction of sp³-hybridized carbons (Fsp3) is 1.00. The Balaban J connectivity index is -0.000000273. The van der Waals surface area contributed by atoms with Crippen LogP contribution in [0.2, 0.25) is 0 Å². The molecule has 1 nitrogen and oxygen atoms in total. The molecule has 0 heterocycles. The van der Waals surface area contributed by atoms with Gasteiger partial charge in [-0.2, -0.15) is 0 Å². The summed E-state index contributed by atoms with van der Waals surface area (Å²) in [6.45, 7) is 23.6. The molecule has 0 amide bonds. The van der Waals surface area contributed by atoms with Crippen molar-refractivity contribution in [1.29, 1.82) is 0 Å². The summed E-state index contributed by atoms with van der Waals surface area (Å²) < 4.78 is 1.28. The van der Waals surface area contributed by atoms with Crippen molar-refractivity contribution in [2.24, 2.45) is 0 Å². The first kappa shape index (κ1) is 29.5. The zero-order valence-corrected chi connectivity index (χ0v) is 21.7. The number of hydrogen-bond acceptors (Lipinski definition) is 4. The Kier molecular flexibility index (Phi) is 20.4. The third kappa shape index (κ3) is 16.9. The van der Waals surface area contributed by atoms with Crippen LogP contribution in [0.3, 0.4) is 0 Å². The molecule has 0 fully saturated rings. The molecule has 0 saturated carbocycles. The van der Waals surface area contributed by atoms with E-state index in [-0.39, 0.29) is 10.0 Å². The van der Waals surface area contributed by atoms with Gasteiger partial charge in [-0.15, -0.1) is 0 Å². The number of rotatable bonds is 8. The first-order chi connectivity index (χ1) is 10.5. The molecule has 7 heteroatoms. The molecule has 0 N–H and O–H groups in total. The number of quaternary nitrogens is 1. The first-order valence-electron chi connectivity index (χ1n) is 8.65. The minimum absolute atomic E-state index is 0.148. The van der Waals surface area contributed by atoms with Gasteiger partial charge in [-0.1, -0.05) is 27.7 Å². The van der Waals surface area contributed by atoms with Crippen LogP contribution in [0.15, 0.2) is 0 Å². The van der Waals surface area contributed by atoms with Crippen molar-refractivity contribution in [1.82, 2.24) is 0 Å². The Labute approximate surface area is 166 Å². The second-order valence-corrected chi connectivity index (χ2v) is 22.9. The summed E-state index contributed by atoms with van der Waals surface area (Å²) >= 11 is 0. The van der Waals surface area contributed by atoms with Gasteiger partial charge in [0.25, 0.3) is 0 Å². The van der Waals surface area contributed by atoms with Crippen LogP contribution in [-0.2, 0) is 6.33 Å². The van der Waals surface area contributed by atoms with E-state index in [2.05, 4.69) is 97.6 Å². The van der Waals surface area contributed by atoms with Crippen molar-refractivity contribution < 1.29 is 10.8 Å². The molecule has 0 rings (SSSR count). The van der Waals surface area contributed by atoms with Crippen molar-refractivity contribution in [3.63, 3.8) is 0 Å². The molecule has 0 aromatic carbocycles. The summed E-state index contributed by atoms with van der Waals surface area (Å²) in [5, 5.41) is 0. The van der Waals surface area contributed by atoms with E-state index in [1.165, 1.54) is 53.7 Å². The van der Waals surface area contributed by atoms with Crippen LogP contribution in [0.25, 0.3) is 0 Å². The molecule has 0 unspecified atom stereocenters. The third-order valence-corrected chi connectivity index (χ3v) is 10.0. The van der Waals surface area contributed by atoms with Crippen molar-refractivity contribution in [3.8, 4) is 0 Å². The maximum atomic E-state index is 4.40. The van der Waals surface area contributed by atoms with E-state index in [1.807, 2.05) is 0 Å². The van der Waals surface area contributed by atoms with Gasteiger partial charge in [0, 0.05) is 0 Å². The van der Waals surface area contributed by atoms with E-state index in [0.717, 1.165) is 0 Å². The molecule has 23 heavy (non-hydrogen) atoms. The molecular weight excluding hydrogens is 422 g/mol. The molecule has 0 atom stereocenters. The summed E-state index contributed by atoms with van der Waals surface area (Å²) in [4.78, 5) is 0. The van der Waals surface area contributed by atoms with E-state index in [1.54, 1.807) is 0 Å². The van der Waals surface area contributed by atoms with Crippen LogP contribution in [0, 0.1) is 0 Å². The molecule has 0 radical (unpaired) electrons. The fourth-order valence-corrected chi connectivity index (χ4v) is 5.02.